The molecule has 0 amide bonds. The first kappa shape index (κ1) is 12.6. The molecule has 3 heteroatoms. The Bertz CT molecular complexity index is 326. The maximum Gasteiger partial charge on any atom is 0.330 e. The summed E-state index contributed by atoms with van der Waals surface area (Å²) in [6.07, 6.45) is 9.58. The van der Waals surface area contributed by atoms with Crippen LogP contribution >= 0.6 is 0 Å². The van der Waals surface area contributed by atoms with E-state index in [9.17, 15) is 9.90 Å². The van der Waals surface area contributed by atoms with Gasteiger partial charge in [0, 0.05) is 12.0 Å². The average Bonchev–Trinajstić information content (AvgIpc) is 2.27. The largest absolute Gasteiger partial charge is 0.508 e. The van der Waals surface area contributed by atoms with Crippen LogP contribution in [0.15, 0.2) is 36.1 Å². The molecule has 0 aliphatic heterocycles. The van der Waals surface area contributed by atoms with Gasteiger partial charge in [0.05, 0.1) is 6.61 Å². The topological polar surface area (TPSA) is 46.5 Å². The van der Waals surface area contributed by atoms with Gasteiger partial charge in [-0.1, -0.05) is 19.1 Å². The lowest BCUT2D eigenvalue weighted by Gasteiger charge is -2.20. The van der Waals surface area contributed by atoms with E-state index < -0.39 is 0 Å². The number of esters is 1. The zero-order chi connectivity index (χ0) is 12.0. The molecular weight excluding hydrogens is 204 g/mol. The van der Waals surface area contributed by atoms with Crippen molar-refractivity contribution >= 4 is 5.97 Å². The van der Waals surface area contributed by atoms with Gasteiger partial charge in [0.1, 0.15) is 5.76 Å². The number of hydrogen-bond donors (Lipinski definition) is 1. The summed E-state index contributed by atoms with van der Waals surface area (Å²) in [5, 5.41) is 9.35. The van der Waals surface area contributed by atoms with Crippen molar-refractivity contribution in [2.24, 2.45) is 11.8 Å². The van der Waals surface area contributed by atoms with Crippen LogP contribution < -0.4 is 0 Å². The van der Waals surface area contributed by atoms with Crippen molar-refractivity contribution in [3.8, 4) is 0 Å². The number of carbonyl (C=O) groups excluding carboxylic acids is 1. The van der Waals surface area contributed by atoms with Crippen molar-refractivity contribution in [1.29, 1.82) is 0 Å². The molecule has 1 rings (SSSR count). The second-order valence-corrected chi connectivity index (χ2v) is 3.71. The van der Waals surface area contributed by atoms with Gasteiger partial charge in [-0.05, 0) is 31.4 Å². The van der Waals surface area contributed by atoms with Gasteiger partial charge in [-0.3, -0.25) is 0 Å². The summed E-state index contributed by atoms with van der Waals surface area (Å²) in [5.41, 5.74) is 0. The molecule has 0 radical (unpaired) electrons. The molecule has 16 heavy (non-hydrogen) atoms. The SMILES string of the molecule is CCOC(=O)/C=C/C1C=CC(O)=CC1CC. The summed E-state index contributed by atoms with van der Waals surface area (Å²) in [4.78, 5) is 11.1. The molecule has 3 nitrogen and oxygen atoms in total. The van der Waals surface area contributed by atoms with Crippen molar-refractivity contribution in [2.75, 3.05) is 6.61 Å². The Hall–Kier alpha value is -1.51. The fourth-order valence-electron chi connectivity index (χ4n) is 1.72. The Balaban J connectivity index is 2.60. The van der Waals surface area contributed by atoms with Gasteiger partial charge in [-0.25, -0.2) is 4.79 Å². The van der Waals surface area contributed by atoms with Gasteiger partial charge in [0.2, 0.25) is 0 Å². The maximum absolute atomic E-state index is 11.1. The normalized spacial score (nSPS) is 24.5. The molecule has 0 heterocycles. The quantitative estimate of drug-likeness (QED) is 0.587. The highest BCUT2D eigenvalue weighted by molar-refractivity contribution is 5.81. The summed E-state index contributed by atoms with van der Waals surface area (Å²) in [5.74, 6) is 0.387. The molecule has 88 valence electrons. The van der Waals surface area contributed by atoms with Crippen LogP contribution in [0.3, 0.4) is 0 Å². The molecule has 1 aliphatic carbocycles. The Morgan fingerprint density at radius 3 is 2.94 bits per heavy atom. The van der Waals surface area contributed by atoms with Gasteiger partial charge in [0.25, 0.3) is 0 Å². The third kappa shape index (κ3) is 3.57. The van der Waals surface area contributed by atoms with E-state index in [2.05, 4.69) is 6.92 Å². The summed E-state index contributed by atoms with van der Waals surface area (Å²) in [7, 11) is 0. The van der Waals surface area contributed by atoms with Crippen LogP contribution in [0.1, 0.15) is 20.3 Å². The van der Waals surface area contributed by atoms with Gasteiger partial charge >= 0.3 is 5.97 Å². The first-order valence-corrected chi connectivity index (χ1v) is 5.61. The van der Waals surface area contributed by atoms with Crippen molar-refractivity contribution in [1.82, 2.24) is 0 Å². The second-order valence-electron chi connectivity index (χ2n) is 3.71. The van der Waals surface area contributed by atoms with Crippen LogP contribution in [0.2, 0.25) is 0 Å². The maximum atomic E-state index is 11.1. The first-order chi connectivity index (χ1) is 7.67. The van der Waals surface area contributed by atoms with E-state index >= 15 is 0 Å². The van der Waals surface area contributed by atoms with Crippen LogP contribution in [-0.2, 0) is 9.53 Å². The lowest BCUT2D eigenvalue weighted by Crippen LogP contribution is -2.12. The summed E-state index contributed by atoms with van der Waals surface area (Å²) in [6.45, 7) is 4.22. The molecule has 1 aliphatic rings. The number of hydrogen-bond acceptors (Lipinski definition) is 3. The van der Waals surface area contributed by atoms with E-state index in [4.69, 9.17) is 4.74 Å². The fraction of sp³-hybridized carbons (Fsp3) is 0.462. The van der Waals surface area contributed by atoms with Crippen LogP contribution in [0.25, 0.3) is 0 Å². The Labute approximate surface area is 96.1 Å². The van der Waals surface area contributed by atoms with Gasteiger partial charge in [-0.2, -0.15) is 0 Å². The van der Waals surface area contributed by atoms with Crippen molar-refractivity contribution in [3.05, 3.63) is 36.1 Å². The van der Waals surface area contributed by atoms with Crippen LogP contribution in [0.5, 0.6) is 0 Å². The molecule has 2 atom stereocenters. The molecule has 1 N–H and O–H groups in total. The lowest BCUT2D eigenvalue weighted by atomic mass is 9.86. The molecule has 0 saturated heterocycles. The van der Waals surface area contributed by atoms with E-state index in [0.29, 0.717) is 12.4 Å². The minimum Gasteiger partial charge on any atom is -0.508 e. The van der Waals surface area contributed by atoms with Crippen LogP contribution in [0, 0.1) is 11.8 Å². The van der Waals surface area contributed by atoms with Crippen molar-refractivity contribution in [2.45, 2.75) is 20.3 Å². The minimum absolute atomic E-state index is 0.158. The molecule has 0 aromatic heterocycles. The monoisotopic (exact) mass is 222 g/mol. The third-order valence-corrected chi connectivity index (χ3v) is 2.58. The number of ether oxygens (including phenoxy) is 1. The molecule has 2 unspecified atom stereocenters. The van der Waals surface area contributed by atoms with Crippen LogP contribution in [-0.4, -0.2) is 17.7 Å². The van der Waals surface area contributed by atoms with Gasteiger partial charge in [-0.15, -0.1) is 0 Å². The molecule has 0 saturated carbocycles. The van der Waals surface area contributed by atoms with E-state index in [1.165, 1.54) is 6.08 Å². The summed E-state index contributed by atoms with van der Waals surface area (Å²) in [6, 6.07) is 0. The highest BCUT2D eigenvalue weighted by atomic mass is 16.5. The number of rotatable bonds is 4. The highest BCUT2D eigenvalue weighted by Gasteiger charge is 2.17. The van der Waals surface area contributed by atoms with E-state index in [0.717, 1.165) is 6.42 Å². The Morgan fingerprint density at radius 1 is 1.56 bits per heavy atom. The van der Waals surface area contributed by atoms with Crippen molar-refractivity contribution < 1.29 is 14.6 Å². The number of aliphatic hydroxyl groups is 1. The Kier molecular flexibility index (Phi) is 4.83. The van der Waals surface area contributed by atoms with Gasteiger partial charge in [0.15, 0.2) is 0 Å². The van der Waals surface area contributed by atoms with E-state index in [1.54, 1.807) is 13.0 Å². The number of aliphatic hydroxyl groups excluding tert-OH is 1. The smallest absolute Gasteiger partial charge is 0.330 e. The minimum atomic E-state index is -0.315. The second kappa shape index (κ2) is 6.16. The lowest BCUT2D eigenvalue weighted by molar-refractivity contribution is -0.137. The molecule has 0 aromatic carbocycles. The molecular formula is C13H18O3. The third-order valence-electron chi connectivity index (χ3n) is 2.58. The molecule has 0 aromatic rings. The predicted octanol–water partition coefficient (Wildman–Crippen LogP) is 2.76. The van der Waals surface area contributed by atoms with Crippen molar-refractivity contribution in [3.63, 3.8) is 0 Å². The van der Waals surface area contributed by atoms with E-state index in [1.807, 2.05) is 18.2 Å². The zero-order valence-corrected chi connectivity index (χ0v) is 9.72. The number of allylic oxidation sites excluding steroid dienone is 4. The number of carbonyl (C=O) groups is 1. The van der Waals surface area contributed by atoms with Crippen LogP contribution in [0.4, 0.5) is 0 Å². The Morgan fingerprint density at radius 2 is 2.31 bits per heavy atom. The molecule has 0 fully saturated rings. The average molecular weight is 222 g/mol. The predicted molar refractivity (Wildman–Crippen MR) is 62.9 cm³/mol. The highest BCUT2D eigenvalue weighted by Crippen LogP contribution is 2.25. The fourth-order valence-corrected chi connectivity index (χ4v) is 1.72. The zero-order valence-electron chi connectivity index (χ0n) is 9.72. The summed E-state index contributed by atoms with van der Waals surface area (Å²) >= 11 is 0. The summed E-state index contributed by atoms with van der Waals surface area (Å²) < 4.78 is 4.81. The molecule has 0 spiro atoms. The van der Waals surface area contributed by atoms with E-state index in [-0.39, 0.29) is 17.8 Å². The molecule has 0 bridgehead atoms. The standard InChI is InChI=1S/C13H18O3/c1-3-10-9-12(14)7-5-11(10)6-8-13(15)16-4-2/h5-11,14H,3-4H2,1-2H3/b8-6+. The first-order valence-electron chi connectivity index (χ1n) is 5.61. The van der Waals surface area contributed by atoms with Gasteiger partial charge < -0.3 is 9.84 Å².